The van der Waals surface area contributed by atoms with Gasteiger partial charge in [-0.2, -0.15) is 0 Å². The fraction of sp³-hybridized carbons (Fsp3) is 0.350. The van der Waals surface area contributed by atoms with Crippen molar-refractivity contribution < 1.29 is 4.79 Å². The van der Waals surface area contributed by atoms with E-state index in [0.717, 1.165) is 48.3 Å². The fourth-order valence-corrected chi connectivity index (χ4v) is 3.78. The lowest BCUT2D eigenvalue weighted by molar-refractivity contribution is -0.125. The Bertz CT molecular complexity index is 970. The molecule has 3 N–H and O–H groups in total. The van der Waals surface area contributed by atoms with E-state index in [2.05, 4.69) is 15.2 Å². The molecule has 1 amide bonds. The van der Waals surface area contributed by atoms with E-state index >= 15 is 0 Å². The molecule has 2 aromatic heterocycles. The van der Waals surface area contributed by atoms with E-state index < -0.39 is 0 Å². The van der Waals surface area contributed by atoms with Gasteiger partial charge in [-0.3, -0.25) is 9.78 Å². The highest BCUT2D eigenvalue weighted by Crippen LogP contribution is 2.31. The zero-order valence-corrected chi connectivity index (χ0v) is 18.7. The molecule has 3 aromatic rings. The number of carbonyl (C=O) groups is 1. The number of nitrogens with two attached hydrogens (primary N) is 1. The summed E-state index contributed by atoms with van der Waals surface area (Å²) in [5.41, 5.74) is 7.35. The fourth-order valence-electron chi connectivity index (χ4n) is 3.65. The third-order valence-electron chi connectivity index (χ3n) is 5.14. The highest BCUT2D eigenvalue weighted by molar-refractivity contribution is 6.30. The molecule has 30 heavy (non-hydrogen) atoms. The molecule has 10 heteroatoms. The predicted molar refractivity (Wildman–Crippen MR) is 125 cm³/mol. The standard InChI is InChI=1S/C20H23ClN6O.2ClH/c21-15-1-3-16(4-2-15)27-18-13-23-9-5-17(18)19(25-27)26-11-6-14(7-12-26)20(28)24-10-8-22;;/h1-5,9,13-14H,6-8,10-12,22H2,(H,24,28);2*1H. The molecule has 0 spiro atoms. The van der Waals surface area contributed by atoms with E-state index in [1.54, 1.807) is 6.20 Å². The summed E-state index contributed by atoms with van der Waals surface area (Å²) < 4.78 is 1.90. The number of halogens is 3. The monoisotopic (exact) mass is 470 g/mol. The summed E-state index contributed by atoms with van der Waals surface area (Å²) in [7, 11) is 0. The van der Waals surface area contributed by atoms with Crippen molar-refractivity contribution in [2.75, 3.05) is 31.1 Å². The van der Waals surface area contributed by atoms with E-state index in [1.165, 1.54) is 0 Å². The Morgan fingerprint density at radius 1 is 1.17 bits per heavy atom. The maximum Gasteiger partial charge on any atom is 0.223 e. The van der Waals surface area contributed by atoms with Gasteiger partial charge in [-0.25, -0.2) is 4.68 Å². The van der Waals surface area contributed by atoms with Gasteiger partial charge in [0, 0.05) is 48.7 Å². The minimum Gasteiger partial charge on any atom is -0.355 e. The molecular formula is C20H25Cl3N6O. The van der Waals surface area contributed by atoms with Crippen LogP contribution in [0.5, 0.6) is 0 Å². The van der Waals surface area contributed by atoms with Crippen molar-refractivity contribution in [3.63, 3.8) is 0 Å². The zero-order valence-electron chi connectivity index (χ0n) is 16.3. The van der Waals surface area contributed by atoms with E-state index in [-0.39, 0.29) is 36.6 Å². The number of nitrogens with one attached hydrogen (secondary N) is 1. The summed E-state index contributed by atoms with van der Waals surface area (Å²) in [5, 5.41) is 9.51. The minimum atomic E-state index is 0. The number of piperidine rings is 1. The second-order valence-corrected chi connectivity index (χ2v) is 7.38. The first-order valence-electron chi connectivity index (χ1n) is 9.49. The Morgan fingerprint density at radius 2 is 1.87 bits per heavy atom. The molecule has 1 aliphatic heterocycles. The number of aromatic nitrogens is 3. The van der Waals surface area contributed by atoms with Crippen molar-refractivity contribution in [1.82, 2.24) is 20.1 Å². The van der Waals surface area contributed by atoms with Crippen molar-refractivity contribution in [2.24, 2.45) is 11.7 Å². The molecule has 1 fully saturated rings. The summed E-state index contributed by atoms with van der Waals surface area (Å²) in [6, 6.07) is 9.58. The summed E-state index contributed by atoms with van der Waals surface area (Å²) in [6.07, 6.45) is 5.22. The molecule has 0 unspecified atom stereocenters. The molecule has 4 rings (SSSR count). The third kappa shape index (κ3) is 4.98. The number of anilines is 1. The molecule has 0 saturated carbocycles. The van der Waals surface area contributed by atoms with E-state index in [0.29, 0.717) is 18.1 Å². The second kappa shape index (κ2) is 10.8. The van der Waals surface area contributed by atoms with Crippen molar-refractivity contribution in [3.8, 4) is 5.69 Å². The highest BCUT2D eigenvalue weighted by atomic mass is 35.5. The Morgan fingerprint density at radius 3 is 2.53 bits per heavy atom. The van der Waals surface area contributed by atoms with Crippen LogP contribution in [0.4, 0.5) is 5.82 Å². The Labute approximate surface area is 192 Å². The zero-order chi connectivity index (χ0) is 19.5. The second-order valence-electron chi connectivity index (χ2n) is 6.95. The van der Waals surface area contributed by atoms with Crippen LogP contribution in [0.25, 0.3) is 16.6 Å². The first-order chi connectivity index (χ1) is 13.7. The van der Waals surface area contributed by atoms with Gasteiger partial charge in [0.25, 0.3) is 0 Å². The van der Waals surface area contributed by atoms with Crippen molar-refractivity contribution in [2.45, 2.75) is 12.8 Å². The van der Waals surface area contributed by atoms with Crippen molar-refractivity contribution in [1.29, 1.82) is 0 Å². The summed E-state index contributed by atoms with van der Waals surface area (Å²) in [6.45, 7) is 2.57. The van der Waals surface area contributed by atoms with Crippen LogP contribution >= 0.6 is 36.4 Å². The van der Waals surface area contributed by atoms with Gasteiger partial charge in [-0.15, -0.1) is 29.9 Å². The van der Waals surface area contributed by atoms with Crippen molar-refractivity contribution in [3.05, 3.63) is 47.7 Å². The average Bonchev–Trinajstić information content (AvgIpc) is 3.12. The van der Waals surface area contributed by atoms with Gasteiger partial charge >= 0.3 is 0 Å². The van der Waals surface area contributed by atoms with Crippen LogP contribution in [0.15, 0.2) is 42.7 Å². The molecule has 3 heterocycles. The van der Waals surface area contributed by atoms with Crippen LogP contribution in [0, 0.1) is 5.92 Å². The van der Waals surface area contributed by atoms with E-state index in [9.17, 15) is 4.79 Å². The van der Waals surface area contributed by atoms with Crippen LogP contribution in [-0.2, 0) is 4.79 Å². The minimum absolute atomic E-state index is 0. The van der Waals surface area contributed by atoms with Crippen LogP contribution in [-0.4, -0.2) is 46.9 Å². The average molecular weight is 472 g/mol. The summed E-state index contributed by atoms with van der Waals surface area (Å²) in [5.74, 6) is 1.06. The Kier molecular flexibility index (Phi) is 8.73. The highest BCUT2D eigenvalue weighted by Gasteiger charge is 2.27. The Hall–Kier alpha value is -2.06. The van der Waals surface area contributed by atoms with Gasteiger partial charge in [0.1, 0.15) is 0 Å². The third-order valence-corrected chi connectivity index (χ3v) is 5.40. The molecule has 0 atom stereocenters. The predicted octanol–water partition coefficient (Wildman–Crippen LogP) is 3.21. The van der Waals surface area contributed by atoms with Crippen LogP contribution in [0.2, 0.25) is 5.02 Å². The van der Waals surface area contributed by atoms with Gasteiger partial charge in [0.2, 0.25) is 5.91 Å². The van der Waals surface area contributed by atoms with Crippen molar-refractivity contribution >= 4 is 59.0 Å². The number of carbonyl (C=O) groups excluding carboxylic acids is 1. The van der Waals surface area contributed by atoms with Crippen LogP contribution in [0.1, 0.15) is 12.8 Å². The van der Waals surface area contributed by atoms with E-state index in [1.807, 2.05) is 41.2 Å². The number of pyridine rings is 1. The molecule has 0 aliphatic carbocycles. The SMILES string of the molecule is Cl.Cl.NCCNC(=O)C1CCN(c2nn(-c3ccc(Cl)cc3)c3cnccc23)CC1. The lowest BCUT2D eigenvalue weighted by atomic mass is 9.96. The van der Waals surface area contributed by atoms with Gasteiger partial charge in [0.05, 0.1) is 17.4 Å². The molecular weight excluding hydrogens is 447 g/mol. The first kappa shape index (κ1) is 24.2. The number of hydrogen-bond donors (Lipinski definition) is 2. The van der Waals surface area contributed by atoms with Gasteiger partial charge in [-0.05, 0) is 43.2 Å². The molecule has 7 nitrogen and oxygen atoms in total. The van der Waals surface area contributed by atoms with Crippen LogP contribution < -0.4 is 16.0 Å². The molecule has 162 valence electrons. The molecule has 1 aromatic carbocycles. The quantitative estimate of drug-likeness (QED) is 0.596. The smallest absolute Gasteiger partial charge is 0.223 e. The molecule has 1 aliphatic rings. The van der Waals surface area contributed by atoms with Gasteiger partial charge in [0.15, 0.2) is 5.82 Å². The number of rotatable bonds is 5. The van der Waals surface area contributed by atoms with Crippen LogP contribution in [0.3, 0.4) is 0 Å². The lowest BCUT2D eigenvalue weighted by Gasteiger charge is -2.31. The molecule has 0 radical (unpaired) electrons. The van der Waals surface area contributed by atoms with Gasteiger partial charge < -0.3 is 16.0 Å². The topological polar surface area (TPSA) is 89.1 Å². The number of fused-ring (bicyclic) bond motifs is 1. The largest absolute Gasteiger partial charge is 0.355 e. The summed E-state index contributed by atoms with van der Waals surface area (Å²) >= 11 is 6.03. The number of hydrogen-bond acceptors (Lipinski definition) is 5. The maximum atomic E-state index is 12.2. The van der Waals surface area contributed by atoms with E-state index in [4.69, 9.17) is 22.4 Å². The summed E-state index contributed by atoms with van der Waals surface area (Å²) in [4.78, 5) is 18.7. The Balaban J connectivity index is 0.00000160. The lowest BCUT2D eigenvalue weighted by Crippen LogP contribution is -2.41. The molecule has 1 saturated heterocycles. The number of benzene rings is 1. The maximum absolute atomic E-state index is 12.2. The number of nitrogens with zero attached hydrogens (tertiary/aromatic N) is 4. The normalized spacial score (nSPS) is 14.1. The number of amides is 1. The van der Waals surface area contributed by atoms with Gasteiger partial charge in [-0.1, -0.05) is 11.6 Å². The molecule has 0 bridgehead atoms. The first-order valence-corrected chi connectivity index (χ1v) is 9.86.